The van der Waals surface area contributed by atoms with Crippen LogP contribution in [0.1, 0.15) is 0 Å². The molecule has 4 amide bonds. The highest BCUT2D eigenvalue weighted by Crippen LogP contribution is 2.07. The lowest BCUT2D eigenvalue weighted by atomic mass is 10.4. The number of halogens is 1. The molecule has 18 heavy (non-hydrogen) atoms. The molecule has 1 heterocycles. The van der Waals surface area contributed by atoms with E-state index >= 15 is 0 Å². The summed E-state index contributed by atoms with van der Waals surface area (Å²) in [5.74, 6) is -0.565. The van der Waals surface area contributed by atoms with Gasteiger partial charge in [-0.25, -0.2) is 4.79 Å². The van der Waals surface area contributed by atoms with Gasteiger partial charge in [-0.1, -0.05) is 0 Å². The zero-order valence-electron chi connectivity index (χ0n) is 10.8. The molecule has 0 aromatic rings. The SMILES string of the molecule is CNCCN(C)C(=O)CN1C(=O)CN(C)C1=O.Cl. The number of imide groups is 1. The Morgan fingerprint density at radius 3 is 2.50 bits per heavy atom. The predicted molar refractivity (Wildman–Crippen MR) is 68.6 cm³/mol. The van der Waals surface area contributed by atoms with E-state index in [1.165, 1.54) is 16.8 Å². The molecule has 0 spiro atoms. The van der Waals surface area contributed by atoms with Crippen LogP contribution < -0.4 is 5.32 Å². The highest BCUT2D eigenvalue weighted by Gasteiger charge is 2.35. The van der Waals surface area contributed by atoms with Crippen molar-refractivity contribution in [1.82, 2.24) is 20.0 Å². The van der Waals surface area contributed by atoms with Crippen molar-refractivity contribution >= 4 is 30.3 Å². The van der Waals surface area contributed by atoms with Gasteiger partial charge in [0.2, 0.25) is 5.91 Å². The first-order valence-corrected chi connectivity index (χ1v) is 5.41. The third-order valence-corrected chi connectivity index (χ3v) is 2.65. The minimum atomic E-state index is -0.412. The molecule has 0 saturated carbocycles. The van der Waals surface area contributed by atoms with Crippen LogP contribution in [-0.4, -0.2) is 79.9 Å². The van der Waals surface area contributed by atoms with Gasteiger partial charge in [-0.2, -0.15) is 0 Å². The van der Waals surface area contributed by atoms with Crippen LogP contribution in [0.5, 0.6) is 0 Å². The van der Waals surface area contributed by atoms with E-state index in [4.69, 9.17) is 0 Å². The Bertz CT molecular complexity index is 337. The first kappa shape index (κ1) is 16.7. The molecule has 0 bridgehead atoms. The molecule has 1 aliphatic heterocycles. The maximum absolute atomic E-state index is 11.7. The van der Waals surface area contributed by atoms with Crippen LogP contribution in [0.25, 0.3) is 0 Å². The van der Waals surface area contributed by atoms with Gasteiger partial charge in [-0.15, -0.1) is 12.4 Å². The fourth-order valence-corrected chi connectivity index (χ4v) is 1.48. The largest absolute Gasteiger partial charge is 0.343 e. The van der Waals surface area contributed by atoms with Crippen molar-refractivity contribution in [1.29, 1.82) is 0 Å². The maximum atomic E-state index is 11.7. The fraction of sp³-hybridized carbons (Fsp3) is 0.700. The Labute approximate surface area is 112 Å². The normalized spacial score (nSPS) is 14.8. The average molecular weight is 279 g/mol. The van der Waals surface area contributed by atoms with Crippen molar-refractivity contribution < 1.29 is 14.4 Å². The summed E-state index contributed by atoms with van der Waals surface area (Å²) in [6, 6.07) is -0.412. The summed E-state index contributed by atoms with van der Waals surface area (Å²) in [6.45, 7) is 1.08. The summed E-state index contributed by atoms with van der Waals surface area (Å²) >= 11 is 0. The first-order valence-electron chi connectivity index (χ1n) is 5.41. The monoisotopic (exact) mass is 278 g/mol. The molecule has 7 nitrogen and oxygen atoms in total. The van der Waals surface area contributed by atoms with Crippen molar-refractivity contribution in [2.45, 2.75) is 0 Å². The van der Waals surface area contributed by atoms with Crippen molar-refractivity contribution in [3.8, 4) is 0 Å². The summed E-state index contributed by atoms with van der Waals surface area (Å²) in [5, 5.41) is 2.92. The summed E-state index contributed by atoms with van der Waals surface area (Å²) in [5.41, 5.74) is 0. The van der Waals surface area contributed by atoms with Crippen molar-refractivity contribution in [2.24, 2.45) is 0 Å². The molecule has 1 aliphatic rings. The molecule has 0 radical (unpaired) electrons. The molecule has 8 heteroatoms. The molecular weight excluding hydrogens is 260 g/mol. The van der Waals surface area contributed by atoms with Gasteiger partial charge in [0.15, 0.2) is 0 Å². The number of urea groups is 1. The van der Waals surface area contributed by atoms with Gasteiger partial charge in [0.05, 0.1) is 0 Å². The van der Waals surface area contributed by atoms with Crippen LogP contribution in [0.4, 0.5) is 4.79 Å². The van der Waals surface area contributed by atoms with E-state index in [1.807, 2.05) is 0 Å². The van der Waals surface area contributed by atoms with Crippen LogP contribution in [0.2, 0.25) is 0 Å². The number of likely N-dealkylation sites (N-methyl/N-ethyl adjacent to an activating group) is 3. The molecule has 0 aromatic heterocycles. The molecule has 1 rings (SSSR count). The van der Waals surface area contributed by atoms with Gasteiger partial charge in [-0.3, -0.25) is 14.5 Å². The lowest BCUT2D eigenvalue weighted by Crippen LogP contribution is -2.43. The number of carbonyl (C=O) groups excluding carboxylic acids is 3. The summed E-state index contributed by atoms with van der Waals surface area (Å²) in [7, 11) is 4.98. The molecular formula is C10H19ClN4O3. The summed E-state index contributed by atoms with van der Waals surface area (Å²) in [4.78, 5) is 38.5. The lowest BCUT2D eigenvalue weighted by Gasteiger charge is -2.20. The average Bonchev–Trinajstić information content (AvgIpc) is 2.52. The standard InChI is InChI=1S/C10H18N4O3.ClH/c1-11-4-5-12(2)8(15)7-14-9(16)6-13(3)10(14)17;/h11H,4-7H2,1-3H3;1H. The lowest BCUT2D eigenvalue weighted by molar-refractivity contribution is -0.135. The topological polar surface area (TPSA) is 73.0 Å². The van der Waals surface area contributed by atoms with E-state index in [0.717, 1.165) is 4.90 Å². The summed E-state index contributed by atoms with van der Waals surface area (Å²) < 4.78 is 0. The second-order valence-electron chi connectivity index (χ2n) is 4.04. The molecule has 1 N–H and O–H groups in total. The minimum Gasteiger partial charge on any atom is -0.343 e. The minimum absolute atomic E-state index is 0. The van der Waals surface area contributed by atoms with Crippen LogP contribution in [0, 0.1) is 0 Å². The molecule has 0 unspecified atom stereocenters. The van der Waals surface area contributed by atoms with E-state index in [9.17, 15) is 14.4 Å². The number of carbonyl (C=O) groups is 3. The first-order chi connectivity index (χ1) is 7.97. The van der Waals surface area contributed by atoms with Gasteiger partial charge in [0.25, 0.3) is 5.91 Å². The smallest absolute Gasteiger partial charge is 0.327 e. The quantitative estimate of drug-likeness (QED) is 0.654. The fourth-order valence-electron chi connectivity index (χ4n) is 1.48. The van der Waals surface area contributed by atoms with Gasteiger partial charge >= 0.3 is 6.03 Å². The molecule has 104 valence electrons. The Morgan fingerprint density at radius 2 is 2.06 bits per heavy atom. The Morgan fingerprint density at radius 1 is 1.44 bits per heavy atom. The third-order valence-electron chi connectivity index (χ3n) is 2.65. The molecule has 0 aliphatic carbocycles. The molecule has 0 aromatic carbocycles. The molecule has 1 fully saturated rings. The number of nitrogens with one attached hydrogen (secondary N) is 1. The molecule has 0 atom stereocenters. The number of amides is 4. The molecule has 1 saturated heterocycles. The number of hydrogen-bond acceptors (Lipinski definition) is 4. The van der Waals surface area contributed by atoms with E-state index in [0.29, 0.717) is 13.1 Å². The van der Waals surface area contributed by atoms with E-state index in [1.54, 1.807) is 14.1 Å². The highest BCUT2D eigenvalue weighted by molar-refractivity contribution is 6.04. The van der Waals surface area contributed by atoms with Gasteiger partial charge < -0.3 is 15.1 Å². The highest BCUT2D eigenvalue weighted by atomic mass is 35.5. The summed E-state index contributed by atoms with van der Waals surface area (Å²) in [6.07, 6.45) is 0. The van der Waals surface area contributed by atoms with Crippen LogP contribution in [0.15, 0.2) is 0 Å². The number of rotatable bonds is 5. The van der Waals surface area contributed by atoms with Crippen LogP contribution in [0.3, 0.4) is 0 Å². The zero-order valence-corrected chi connectivity index (χ0v) is 11.6. The third kappa shape index (κ3) is 3.85. The predicted octanol–water partition coefficient (Wildman–Crippen LogP) is -1.02. The van der Waals surface area contributed by atoms with Crippen molar-refractivity contribution in [3.63, 3.8) is 0 Å². The van der Waals surface area contributed by atoms with Crippen LogP contribution in [-0.2, 0) is 9.59 Å². The zero-order chi connectivity index (χ0) is 13.0. The maximum Gasteiger partial charge on any atom is 0.327 e. The Balaban J connectivity index is 0.00000289. The van der Waals surface area contributed by atoms with E-state index < -0.39 is 6.03 Å². The van der Waals surface area contributed by atoms with Gasteiger partial charge in [0, 0.05) is 27.2 Å². The van der Waals surface area contributed by atoms with Crippen LogP contribution >= 0.6 is 12.4 Å². The van der Waals surface area contributed by atoms with Crippen molar-refractivity contribution in [2.75, 3.05) is 47.3 Å². The van der Waals surface area contributed by atoms with E-state index in [2.05, 4.69) is 5.32 Å². The Hall–Kier alpha value is -1.34. The van der Waals surface area contributed by atoms with Gasteiger partial charge in [-0.05, 0) is 7.05 Å². The van der Waals surface area contributed by atoms with E-state index in [-0.39, 0.29) is 37.3 Å². The Kier molecular flexibility index (Phi) is 6.64. The number of nitrogens with zero attached hydrogens (tertiary/aromatic N) is 3. The number of hydrogen-bond donors (Lipinski definition) is 1. The van der Waals surface area contributed by atoms with Crippen molar-refractivity contribution in [3.05, 3.63) is 0 Å². The van der Waals surface area contributed by atoms with Gasteiger partial charge in [0.1, 0.15) is 13.1 Å². The second kappa shape index (κ2) is 7.17. The second-order valence-corrected chi connectivity index (χ2v) is 4.04.